The molecule has 1 heterocycles. The normalized spacial score (nSPS) is 14.4. The van der Waals surface area contributed by atoms with Gasteiger partial charge in [-0.3, -0.25) is 4.57 Å². The summed E-state index contributed by atoms with van der Waals surface area (Å²) in [5.41, 5.74) is 9.56. The molecule has 6 nitrogen and oxygen atoms in total. The smallest absolute Gasteiger partial charge is 0.347 e. The van der Waals surface area contributed by atoms with E-state index in [9.17, 15) is 9.46 Å². The van der Waals surface area contributed by atoms with Crippen LogP contribution in [-0.4, -0.2) is 22.3 Å². The quantitative estimate of drug-likeness (QED) is 0.243. The van der Waals surface area contributed by atoms with Crippen LogP contribution in [0.1, 0.15) is 20.3 Å². The third-order valence-corrected chi connectivity index (χ3v) is 6.52. The first-order chi connectivity index (χ1) is 14.9. The van der Waals surface area contributed by atoms with Gasteiger partial charge in [0.1, 0.15) is 12.1 Å². The second-order valence-corrected chi connectivity index (χ2v) is 9.46. The van der Waals surface area contributed by atoms with Crippen molar-refractivity contribution in [2.24, 2.45) is 0 Å². The average Bonchev–Trinajstić information content (AvgIpc) is 2.76. The minimum atomic E-state index is -3.77. The molecule has 0 aliphatic heterocycles. The molecule has 0 fully saturated rings. The Kier molecular flexibility index (Phi) is 5.96. The van der Waals surface area contributed by atoms with Crippen molar-refractivity contribution in [3.05, 3.63) is 66.7 Å². The van der Waals surface area contributed by atoms with E-state index in [0.717, 1.165) is 32.8 Å². The molecular formula is C24H26N3O3P. The van der Waals surface area contributed by atoms with Gasteiger partial charge in [-0.1, -0.05) is 49.4 Å². The number of benzene rings is 3. The Hall–Kier alpha value is -2.92. The Labute approximate surface area is 181 Å². The number of hydrogen-bond acceptors (Lipinski definition) is 5. The number of nitrogen functional groups attached to an aromatic ring is 1. The molecule has 0 amide bonds. The van der Waals surface area contributed by atoms with Crippen molar-refractivity contribution in [1.82, 2.24) is 4.98 Å². The summed E-state index contributed by atoms with van der Waals surface area (Å²) >= 11 is 0. The van der Waals surface area contributed by atoms with Crippen LogP contribution in [0.5, 0.6) is 0 Å². The minimum absolute atomic E-state index is 0.214. The van der Waals surface area contributed by atoms with Gasteiger partial charge in [-0.2, -0.15) is 0 Å². The summed E-state index contributed by atoms with van der Waals surface area (Å²) in [5, 5.41) is 6.10. The third-order valence-electron chi connectivity index (χ3n) is 5.27. The number of rotatable bonds is 7. The molecule has 0 saturated carbocycles. The summed E-state index contributed by atoms with van der Waals surface area (Å²) < 4.78 is 17.6. The van der Waals surface area contributed by atoms with E-state index >= 15 is 0 Å². The number of fused-ring (bicyclic) bond motifs is 2. The zero-order valence-electron chi connectivity index (χ0n) is 17.6. The Balaban J connectivity index is 1.74. The molecule has 0 spiro atoms. The summed E-state index contributed by atoms with van der Waals surface area (Å²) in [6.45, 7) is 3.68. The lowest BCUT2D eigenvalue weighted by Crippen LogP contribution is -2.11. The molecular weight excluding hydrogens is 409 g/mol. The molecule has 0 aliphatic rings. The first-order valence-electron chi connectivity index (χ1n) is 10.3. The molecule has 1 aromatic heterocycles. The molecule has 2 atom stereocenters. The average molecular weight is 435 g/mol. The maximum Gasteiger partial charge on any atom is 0.347 e. The maximum atomic E-state index is 12.3. The lowest BCUT2D eigenvalue weighted by atomic mass is 9.96. The predicted molar refractivity (Wildman–Crippen MR) is 128 cm³/mol. The van der Waals surface area contributed by atoms with Gasteiger partial charge in [0.2, 0.25) is 0 Å². The van der Waals surface area contributed by atoms with Crippen LogP contribution in [-0.2, 0) is 9.09 Å². The molecule has 4 aromatic rings. The van der Waals surface area contributed by atoms with Gasteiger partial charge in [-0.25, -0.2) is 4.98 Å². The van der Waals surface area contributed by atoms with Crippen LogP contribution in [0.15, 0.2) is 66.7 Å². The summed E-state index contributed by atoms with van der Waals surface area (Å²) in [4.78, 5) is 14.9. The van der Waals surface area contributed by atoms with Gasteiger partial charge in [0.15, 0.2) is 0 Å². The van der Waals surface area contributed by atoms with Gasteiger partial charge in [0.05, 0.1) is 11.6 Å². The summed E-state index contributed by atoms with van der Waals surface area (Å²) in [6, 6.07) is 21.8. The number of anilines is 2. The Bertz CT molecular complexity index is 1290. The van der Waals surface area contributed by atoms with Crippen molar-refractivity contribution < 1.29 is 14.0 Å². The molecule has 0 radical (unpaired) electrons. The van der Waals surface area contributed by atoms with Crippen LogP contribution in [0, 0.1) is 0 Å². The largest absolute Gasteiger partial charge is 0.399 e. The van der Waals surface area contributed by atoms with Gasteiger partial charge < -0.3 is 20.5 Å². The lowest BCUT2D eigenvalue weighted by Gasteiger charge is -2.18. The van der Waals surface area contributed by atoms with Crippen LogP contribution >= 0.6 is 7.60 Å². The highest BCUT2D eigenvalue weighted by atomic mass is 31.2. The summed E-state index contributed by atoms with van der Waals surface area (Å²) in [7, 11) is -3.77. The molecule has 4 N–H and O–H groups in total. The fourth-order valence-corrected chi connectivity index (χ4v) is 4.74. The minimum Gasteiger partial charge on any atom is -0.399 e. The Morgan fingerprint density at radius 3 is 2.65 bits per heavy atom. The van der Waals surface area contributed by atoms with Crippen LogP contribution in [0.3, 0.4) is 0 Å². The van der Waals surface area contributed by atoms with E-state index in [0.29, 0.717) is 17.9 Å². The molecule has 2 unspecified atom stereocenters. The molecule has 3 aromatic carbocycles. The number of aromatic nitrogens is 1. The SMILES string of the molecule is CCC(C)OP(=O)(O)CNc1ccc2cc(N)cc(-c3cccc4ccccc34)c2n1. The standard InChI is InChI=1S/C24H26N3O3P/c1-3-16(2)30-31(28,29)15-26-23-12-11-18-13-19(25)14-22(24(18)27-23)21-10-6-8-17-7-4-5-9-20(17)21/h4-14,16H,3,15,25H2,1-2H3,(H,26,27)(H,28,29). The van der Waals surface area contributed by atoms with Crippen molar-refractivity contribution >= 4 is 40.8 Å². The zero-order chi connectivity index (χ0) is 22.0. The molecule has 0 saturated heterocycles. The second kappa shape index (κ2) is 8.67. The number of nitrogens with two attached hydrogens (primary N) is 1. The van der Waals surface area contributed by atoms with E-state index in [4.69, 9.17) is 15.2 Å². The fourth-order valence-electron chi connectivity index (χ4n) is 3.60. The monoisotopic (exact) mass is 435 g/mol. The highest BCUT2D eigenvalue weighted by Crippen LogP contribution is 2.43. The Morgan fingerprint density at radius 2 is 1.84 bits per heavy atom. The molecule has 7 heteroatoms. The van der Waals surface area contributed by atoms with E-state index in [1.165, 1.54) is 0 Å². The van der Waals surface area contributed by atoms with Crippen molar-refractivity contribution in [3.63, 3.8) is 0 Å². The zero-order valence-corrected chi connectivity index (χ0v) is 18.5. The topological polar surface area (TPSA) is 97.5 Å². The predicted octanol–water partition coefficient (Wildman–Crippen LogP) is 6.01. The van der Waals surface area contributed by atoms with Crippen LogP contribution < -0.4 is 11.1 Å². The van der Waals surface area contributed by atoms with Crippen LogP contribution in [0.2, 0.25) is 0 Å². The second-order valence-electron chi connectivity index (χ2n) is 7.66. The van der Waals surface area contributed by atoms with E-state index in [1.807, 2.05) is 43.3 Å². The van der Waals surface area contributed by atoms with Gasteiger partial charge in [0, 0.05) is 16.6 Å². The molecule has 0 bridgehead atoms. The summed E-state index contributed by atoms with van der Waals surface area (Å²) in [5.74, 6) is 0.501. The highest BCUT2D eigenvalue weighted by molar-refractivity contribution is 7.52. The third kappa shape index (κ3) is 4.72. The van der Waals surface area contributed by atoms with Crippen LogP contribution in [0.4, 0.5) is 11.5 Å². The van der Waals surface area contributed by atoms with Crippen LogP contribution in [0.25, 0.3) is 32.8 Å². The van der Waals surface area contributed by atoms with Crippen molar-refractivity contribution in [2.45, 2.75) is 26.4 Å². The molecule has 31 heavy (non-hydrogen) atoms. The Morgan fingerprint density at radius 1 is 1.06 bits per heavy atom. The van der Waals surface area contributed by atoms with Crippen molar-refractivity contribution in [2.75, 3.05) is 17.3 Å². The van der Waals surface area contributed by atoms with E-state index in [2.05, 4.69) is 29.6 Å². The number of nitrogens with zero attached hydrogens (tertiary/aromatic N) is 1. The van der Waals surface area contributed by atoms with Gasteiger partial charge in [-0.05, 0) is 53.9 Å². The number of hydrogen-bond donors (Lipinski definition) is 3. The van der Waals surface area contributed by atoms with Gasteiger partial charge in [-0.15, -0.1) is 0 Å². The lowest BCUT2D eigenvalue weighted by molar-refractivity contribution is 0.186. The fraction of sp³-hybridized carbons (Fsp3) is 0.208. The van der Waals surface area contributed by atoms with Crippen molar-refractivity contribution in [3.8, 4) is 11.1 Å². The maximum absolute atomic E-state index is 12.3. The molecule has 4 rings (SSSR count). The summed E-state index contributed by atoms with van der Waals surface area (Å²) in [6.07, 6.45) is 0.159. The highest BCUT2D eigenvalue weighted by Gasteiger charge is 2.22. The number of nitrogens with one attached hydrogen (secondary N) is 1. The first-order valence-corrected chi connectivity index (χ1v) is 12.0. The van der Waals surface area contributed by atoms with E-state index in [-0.39, 0.29) is 12.4 Å². The number of pyridine rings is 1. The first kappa shape index (κ1) is 21.3. The van der Waals surface area contributed by atoms with Gasteiger partial charge >= 0.3 is 7.60 Å². The molecule has 0 aliphatic carbocycles. The van der Waals surface area contributed by atoms with E-state index in [1.54, 1.807) is 13.0 Å². The molecule has 160 valence electrons. The van der Waals surface area contributed by atoms with E-state index < -0.39 is 7.60 Å². The van der Waals surface area contributed by atoms with Crippen molar-refractivity contribution in [1.29, 1.82) is 0 Å². The van der Waals surface area contributed by atoms with Gasteiger partial charge in [0.25, 0.3) is 0 Å².